The molecule has 0 aromatic heterocycles. The van der Waals surface area contributed by atoms with Crippen LogP contribution in [-0.2, 0) is 19.1 Å². The molecule has 2 aliphatic rings. The van der Waals surface area contributed by atoms with Crippen LogP contribution in [-0.4, -0.2) is 26.2 Å². The first-order valence-corrected chi connectivity index (χ1v) is 5.34. The second-order valence-corrected chi connectivity index (χ2v) is 4.43. The summed E-state index contributed by atoms with van der Waals surface area (Å²) in [6, 6.07) is 0. The Bertz CT molecular complexity index is 258. The summed E-state index contributed by atoms with van der Waals surface area (Å²) in [4.78, 5) is 23.2. The Labute approximate surface area is 88.9 Å². The van der Waals surface area contributed by atoms with Crippen LogP contribution in [0.2, 0.25) is 0 Å². The number of carbonyl (C=O) groups excluding carboxylic acids is 2. The normalized spacial score (nSPS) is 37.7. The minimum atomic E-state index is -0.263. The van der Waals surface area contributed by atoms with E-state index in [1.807, 2.05) is 0 Å². The van der Waals surface area contributed by atoms with Gasteiger partial charge < -0.3 is 9.47 Å². The third kappa shape index (κ3) is 1.52. The van der Waals surface area contributed by atoms with Crippen molar-refractivity contribution in [1.82, 2.24) is 0 Å². The molecule has 2 aliphatic carbocycles. The van der Waals surface area contributed by atoms with Gasteiger partial charge in [-0.3, -0.25) is 9.59 Å². The van der Waals surface area contributed by atoms with E-state index in [0.717, 1.165) is 19.3 Å². The van der Waals surface area contributed by atoms with Gasteiger partial charge in [0.05, 0.1) is 26.1 Å². The number of methoxy groups -OCH3 is 2. The monoisotopic (exact) mass is 212 g/mol. The van der Waals surface area contributed by atoms with E-state index < -0.39 is 0 Å². The molecule has 15 heavy (non-hydrogen) atoms. The van der Waals surface area contributed by atoms with Crippen LogP contribution in [0.5, 0.6) is 0 Å². The number of fused-ring (bicyclic) bond motifs is 2. The zero-order valence-electron chi connectivity index (χ0n) is 9.06. The second-order valence-electron chi connectivity index (χ2n) is 4.43. The van der Waals surface area contributed by atoms with Gasteiger partial charge in [-0.05, 0) is 31.1 Å². The lowest BCUT2D eigenvalue weighted by Gasteiger charge is -2.26. The molecule has 0 unspecified atom stereocenters. The summed E-state index contributed by atoms with van der Waals surface area (Å²) in [5.41, 5.74) is 0. The van der Waals surface area contributed by atoms with Crippen molar-refractivity contribution in [1.29, 1.82) is 0 Å². The van der Waals surface area contributed by atoms with Crippen molar-refractivity contribution in [2.75, 3.05) is 14.2 Å². The lowest BCUT2D eigenvalue weighted by Crippen LogP contribution is -2.36. The quantitative estimate of drug-likeness (QED) is 0.641. The molecule has 0 saturated heterocycles. The SMILES string of the molecule is COC(=O)[C@@H]1[C@H]2CC[C@H](C2)[C@@H]1C(=O)OC. The molecule has 0 aromatic rings. The topological polar surface area (TPSA) is 52.6 Å². The first-order chi connectivity index (χ1) is 7.19. The van der Waals surface area contributed by atoms with Crippen LogP contribution in [0.3, 0.4) is 0 Å². The summed E-state index contributed by atoms with van der Waals surface area (Å²) in [5.74, 6) is -0.379. The molecular weight excluding hydrogens is 196 g/mol. The van der Waals surface area contributed by atoms with Crippen LogP contribution in [0.4, 0.5) is 0 Å². The maximum atomic E-state index is 11.6. The van der Waals surface area contributed by atoms with E-state index in [-0.39, 0.29) is 23.8 Å². The van der Waals surface area contributed by atoms with E-state index in [4.69, 9.17) is 9.47 Å². The number of carbonyl (C=O) groups is 2. The van der Waals surface area contributed by atoms with Gasteiger partial charge in [-0.25, -0.2) is 0 Å². The van der Waals surface area contributed by atoms with Gasteiger partial charge in [-0.1, -0.05) is 0 Å². The van der Waals surface area contributed by atoms with Crippen molar-refractivity contribution in [2.24, 2.45) is 23.7 Å². The number of hydrogen-bond donors (Lipinski definition) is 0. The van der Waals surface area contributed by atoms with Crippen LogP contribution in [0.1, 0.15) is 19.3 Å². The molecule has 4 nitrogen and oxygen atoms in total. The van der Waals surface area contributed by atoms with Crippen LogP contribution in [0.15, 0.2) is 0 Å². The molecule has 2 rings (SSSR count). The van der Waals surface area contributed by atoms with Gasteiger partial charge in [0.1, 0.15) is 0 Å². The maximum Gasteiger partial charge on any atom is 0.309 e. The van der Waals surface area contributed by atoms with Crippen molar-refractivity contribution in [3.63, 3.8) is 0 Å². The number of esters is 2. The Morgan fingerprint density at radius 2 is 1.33 bits per heavy atom. The summed E-state index contributed by atoms with van der Waals surface area (Å²) in [5, 5.41) is 0. The molecule has 0 amide bonds. The molecule has 84 valence electrons. The van der Waals surface area contributed by atoms with Gasteiger partial charge in [0, 0.05) is 0 Å². The van der Waals surface area contributed by atoms with Crippen LogP contribution in [0.25, 0.3) is 0 Å². The van der Waals surface area contributed by atoms with Crippen LogP contribution in [0, 0.1) is 23.7 Å². The van der Waals surface area contributed by atoms with E-state index in [2.05, 4.69) is 0 Å². The van der Waals surface area contributed by atoms with Gasteiger partial charge in [0.25, 0.3) is 0 Å². The highest BCUT2D eigenvalue weighted by Gasteiger charge is 2.54. The molecule has 4 atom stereocenters. The van der Waals surface area contributed by atoms with E-state index in [0.29, 0.717) is 11.8 Å². The first-order valence-electron chi connectivity index (χ1n) is 5.34. The molecule has 0 spiro atoms. The Balaban J connectivity index is 2.19. The fraction of sp³-hybridized carbons (Fsp3) is 0.818. The highest BCUT2D eigenvalue weighted by atomic mass is 16.5. The summed E-state index contributed by atoms with van der Waals surface area (Å²) >= 11 is 0. The summed E-state index contributed by atoms with van der Waals surface area (Å²) in [7, 11) is 2.76. The van der Waals surface area contributed by atoms with E-state index in [1.165, 1.54) is 14.2 Å². The number of hydrogen-bond acceptors (Lipinski definition) is 4. The van der Waals surface area contributed by atoms with Gasteiger partial charge in [0.2, 0.25) is 0 Å². The third-order valence-corrected chi connectivity index (χ3v) is 3.86. The molecule has 2 fully saturated rings. The molecule has 2 bridgehead atoms. The highest BCUT2D eigenvalue weighted by molar-refractivity contribution is 5.83. The summed E-state index contributed by atoms with van der Waals surface area (Å²) < 4.78 is 9.53. The van der Waals surface area contributed by atoms with Gasteiger partial charge in [-0.2, -0.15) is 0 Å². The number of rotatable bonds is 2. The van der Waals surface area contributed by atoms with Crippen molar-refractivity contribution >= 4 is 11.9 Å². The lowest BCUT2D eigenvalue weighted by atomic mass is 9.79. The molecule has 0 N–H and O–H groups in total. The average Bonchev–Trinajstić information content (AvgIpc) is 2.86. The van der Waals surface area contributed by atoms with Gasteiger partial charge >= 0.3 is 11.9 Å². The van der Waals surface area contributed by atoms with Crippen LogP contribution >= 0.6 is 0 Å². The Morgan fingerprint density at radius 1 is 0.933 bits per heavy atom. The largest absolute Gasteiger partial charge is 0.469 e. The molecule has 2 saturated carbocycles. The second kappa shape index (κ2) is 3.83. The molecular formula is C11H16O4. The first kappa shape index (κ1) is 10.5. The van der Waals surface area contributed by atoms with E-state index in [1.54, 1.807) is 0 Å². The van der Waals surface area contributed by atoms with E-state index >= 15 is 0 Å². The van der Waals surface area contributed by atoms with Gasteiger partial charge in [-0.15, -0.1) is 0 Å². The predicted octanol–water partition coefficient (Wildman–Crippen LogP) is 0.995. The molecule has 0 aromatic carbocycles. The Morgan fingerprint density at radius 3 is 1.67 bits per heavy atom. The molecule has 0 radical (unpaired) electrons. The van der Waals surface area contributed by atoms with Gasteiger partial charge in [0.15, 0.2) is 0 Å². The Hall–Kier alpha value is -1.06. The fourth-order valence-corrected chi connectivity index (χ4v) is 3.24. The van der Waals surface area contributed by atoms with Crippen molar-refractivity contribution in [3.05, 3.63) is 0 Å². The molecule has 0 aliphatic heterocycles. The zero-order valence-corrected chi connectivity index (χ0v) is 9.06. The average molecular weight is 212 g/mol. The van der Waals surface area contributed by atoms with Crippen molar-refractivity contribution < 1.29 is 19.1 Å². The minimum Gasteiger partial charge on any atom is -0.469 e. The Kier molecular flexibility index (Phi) is 2.67. The minimum absolute atomic E-state index is 0.252. The maximum absolute atomic E-state index is 11.6. The summed E-state index contributed by atoms with van der Waals surface area (Å²) in [6.45, 7) is 0. The highest BCUT2D eigenvalue weighted by Crippen LogP contribution is 2.52. The standard InChI is InChI=1S/C11H16O4/c1-14-10(12)8-6-3-4-7(5-6)9(8)11(13)15-2/h6-9H,3-5H2,1-2H3/t6-,7+,8+,9-. The van der Waals surface area contributed by atoms with Crippen molar-refractivity contribution in [2.45, 2.75) is 19.3 Å². The van der Waals surface area contributed by atoms with Crippen LogP contribution < -0.4 is 0 Å². The predicted molar refractivity (Wildman–Crippen MR) is 51.8 cm³/mol. The van der Waals surface area contributed by atoms with Crippen molar-refractivity contribution in [3.8, 4) is 0 Å². The smallest absolute Gasteiger partial charge is 0.309 e. The fourth-order valence-electron chi connectivity index (χ4n) is 3.24. The number of ether oxygens (including phenoxy) is 2. The third-order valence-electron chi connectivity index (χ3n) is 3.86. The summed E-state index contributed by atoms with van der Waals surface area (Å²) in [6.07, 6.45) is 3.05. The lowest BCUT2D eigenvalue weighted by molar-refractivity contribution is -0.160. The van der Waals surface area contributed by atoms with E-state index in [9.17, 15) is 9.59 Å². The molecule has 4 heteroatoms. The molecule has 0 heterocycles. The zero-order chi connectivity index (χ0) is 11.0.